The summed E-state index contributed by atoms with van der Waals surface area (Å²) in [6, 6.07) is 12.9. The fourth-order valence-corrected chi connectivity index (χ4v) is 2.83. The molecule has 23 heavy (non-hydrogen) atoms. The van der Waals surface area contributed by atoms with E-state index >= 15 is 0 Å². The number of rotatable bonds is 2. The zero-order chi connectivity index (χ0) is 16.2. The molecule has 2 aromatic rings. The van der Waals surface area contributed by atoms with E-state index in [0.717, 1.165) is 42.0 Å². The van der Waals surface area contributed by atoms with Crippen LogP contribution >= 0.6 is 0 Å². The molecule has 120 valence electrons. The van der Waals surface area contributed by atoms with E-state index in [1.54, 1.807) is 36.3 Å². The van der Waals surface area contributed by atoms with Gasteiger partial charge >= 0.3 is 6.03 Å². The molecule has 3 rings (SSSR count). The van der Waals surface area contributed by atoms with E-state index in [1.165, 1.54) is 0 Å². The van der Waals surface area contributed by atoms with Crippen LogP contribution < -0.4 is 20.7 Å². The summed E-state index contributed by atoms with van der Waals surface area (Å²) in [5.74, 6) is 0.824. The Kier molecular flexibility index (Phi) is 4.37. The van der Waals surface area contributed by atoms with Crippen molar-refractivity contribution in [2.24, 2.45) is 0 Å². The zero-order valence-electron chi connectivity index (χ0n) is 13.2. The number of carbonyl (C=O) groups is 1. The second kappa shape index (κ2) is 6.60. The largest absolute Gasteiger partial charge is 0.497 e. The molecular formula is C18H21N3O2. The zero-order valence-corrected chi connectivity index (χ0v) is 13.2. The first-order chi connectivity index (χ1) is 11.2. The van der Waals surface area contributed by atoms with E-state index in [0.29, 0.717) is 12.2 Å². The van der Waals surface area contributed by atoms with Crippen LogP contribution in [0.3, 0.4) is 0 Å². The number of nitrogens with two attached hydrogens (primary N) is 1. The van der Waals surface area contributed by atoms with Crippen molar-refractivity contribution in [3.8, 4) is 5.75 Å². The molecule has 2 amide bonds. The standard InChI is InChI=1S/C18H21N3O2/c1-23-16-9-10-17-13(12-16)4-2-3-11-21(17)18(22)20-15-7-5-14(19)6-8-15/h5-10,12H,2-4,11,19H2,1H3,(H,20,22). The summed E-state index contributed by atoms with van der Waals surface area (Å²) in [4.78, 5) is 14.5. The highest BCUT2D eigenvalue weighted by Gasteiger charge is 2.21. The number of benzene rings is 2. The molecule has 0 bridgehead atoms. The van der Waals surface area contributed by atoms with Crippen LogP contribution in [0.15, 0.2) is 42.5 Å². The SMILES string of the molecule is COc1ccc2c(c1)CCCCN2C(=O)Nc1ccc(N)cc1. The van der Waals surface area contributed by atoms with Gasteiger partial charge in [0.25, 0.3) is 0 Å². The van der Waals surface area contributed by atoms with Gasteiger partial charge in [-0.3, -0.25) is 4.90 Å². The smallest absolute Gasteiger partial charge is 0.326 e. The molecule has 5 nitrogen and oxygen atoms in total. The Morgan fingerprint density at radius 2 is 1.96 bits per heavy atom. The lowest BCUT2D eigenvalue weighted by atomic mass is 10.1. The Balaban J connectivity index is 1.84. The van der Waals surface area contributed by atoms with Gasteiger partial charge in [-0.2, -0.15) is 0 Å². The molecule has 0 unspecified atom stereocenters. The number of hydrogen-bond donors (Lipinski definition) is 2. The van der Waals surface area contributed by atoms with Gasteiger partial charge in [0, 0.05) is 23.6 Å². The summed E-state index contributed by atoms with van der Waals surface area (Å²) >= 11 is 0. The van der Waals surface area contributed by atoms with Crippen molar-refractivity contribution < 1.29 is 9.53 Å². The van der Waals surface area contributed by atoms with Crippen LogP contribution in [0.2, 0.25) is 0 Å². The number of fused-ring (bicyclic) bond motifs is 1. The number of nitrogen functional groups attached to an aromatic ring is 1. The van der Waals surface area contributed by atoms with Gasteiger partial charge in [-0.05, 0) is 67.3 Å². The Morgan fingerprint density at radius 1 is 1.17 bits per heavy atom. The Morgan fingerprint density at radius 3 is 2.70 bits per heavy atom. The maximum atomic E-state index is 12.7. The predicted octanol–water partition coefficient (Wildman–Crippen LogP) is 3.65. The third kappa shape index (κ3) is 3.39. The molecule has 0 aliphatic carbocycles. The van der Waals surface area contributed by atoms with E-state index in [9.17, 15) is 4.79 Å². The van der Waals surface area contributed by atoms with Crippen molar-refractivity contribution in [1.29, 1.82) is 0 Å². The predicted molar refractivity (Wildman–Crippen MR) is 93.2 cm³/mol. The molecule has 0 atom stereocenters. The molecule has 1 aliphatic rings. The lowest BCUT2D eigenvalue weighted by Gasteiger charge is -2.23. The normalized spacial score (nSPS) is 13.9. The summed E-state index contributed by atoms with van der Waals surface area (Å²) in [6.45, 7) is 0.708. The van der Waals surface area contributed by atoms with Crippen molar-refractivity contribution in [3.63, 3.8) is 0 Å². The lowest BCUT2D eigenvalue weighted by molar-refractivity contribution is 0.257. The van der Waals surface area contributed by atoms with Gasteiger partial charge in [-0.1, -0.05) is 0 Å². The Hall–Kier alpha value is -2.69. The first kappa shape index (κ1) is 15.2. The van der Waals surface area contributed by atoms with Gasteiger partial charge in [0.2, 0.25) is 0 Å². The van der Waals surface area contributed by atoms with Gasteiger partial charge in [0.05, 0.1) is 7.11 Å². The van der Waals surface area contributed by atoms with Crippen molar-refractivity contribution in [3.05, 3.63) is 48.0 Å². The van der Waals surface area contributed by atoms with Crippen molar-refractivity contribution in [2.75, 3.05) is 29.6 Å². The molecular weight excluding hydrogens is 290 g/mol. The van der Waals surface area contributed by atoms with Crippen molar-refractivity contribution >= 4 is 23.1 Å². The number of methoxy groups -OCH3 is 1. The molecule has 1 aliphatic heterocycles. The van der Waals surface area contributed by atoms with Gasteiger partial charge in [-0.25, -0.2) is 4.79 Å². The van der Waals surface area contributed by atoms with Crippen molar-refractivity contribution in [2.45, 2.75) is 19.3 Å². The summed E-state index contributed by atoms with van der Waals surface area (Å²) in [6.07, 6.45) is 3.00. The topological polar surface area (TPSA) is 67.6 Å². The fourth-order valence-electron chi connectivity index (χ4n) is 2.83. The Bertz CT molecular complexity index is 698. The quantitative estimate of drug-likeness (QED) is 0.832. The molecule has 2 aromatic carbocycles. The molecule has 0 aromatic heterocycles. The van der Waals surface area contributed by atoms with Crippen LogP contribution in [-0.2, 0) is 6.42 Å². The maximum absolute atomic E-state index is 12.7. The number of aryl methyl sites for hydroxylation is 1. The molecule has 0 fully saturated rings. The van der Waals surface area contributed by atoms with E-state index in [1.807, 2.05) is 18.2 Å². The first-order valence-electron chi connectivity index (χ1n) is 7.78. The number of nitrogens with zero attached hydrogens (tertiary/aromatic N) is 1. The van der Waals surface area contributed by atoms with Gasteiger partial charge in [0.15, 0.2) is 0 Å². The van der Waals surface area contributed by atoms with Crippen LogP contribution in [-0.4, -0.2) is 19.7 Å². The number of carbonyl (C=O) groups excluding carboxylic acids is 1. The van der Waals surface area contributed by atoms with E-state index in [-0.39, 0.29) is 6.03 Å². The molecule has 0 saturated carbocycles. The average molecular weight is 311 g/mol. The number of anilines is 3. The number of ether oxygens (including phenoxy) is 1. The maximum Gasteiger partial charge on any atom is 0.326 e. The van der Waals surface area contributed by atoms with E-state index in [4.69, 9.17) is 10.5 Å². The molecule has 5 heteroatoms. The fraction of sp³-hybridized carbons (Fsp3) is 0.278. The lowest BCUT2D eigenvalue weighted by Crippen LogP contribution is -2.35. The summed E-state index contributed by atoms with van der Waals surface area (Å²) < 4.78 is 5.29. The summed E-state index contributed by atoms with van der Waals surface area (Å²) in [5.41, 5.74) is 9.19. The van der Waals surface area contributed by atoms with Crippen LogP contribution in [0.5, 0.6) is 5.75 Å². The van der Waals surface area contributed by atoms with Gasteiger partial charge < -0.3 is 15.8 Å². The van der Waals surface area contributed by atoms with Crippen molar-refractivity contribution in [1.82, 2.24) is 0 Å². The summed E-state index contributed by atoms with van der Waals surface area (Å²) in [7, 11) is 1.66. The minimum absolute atomic E-state index is 0.122. The molecule has 3 N–H and O–H groups in total. The Labute approximate surface area is 136 Å². The molecule has 0 radical (unpaired) electrons. The monoisotopic (exact) mass is 311 g/mol. The first-order valence-corrected chi connectivity index (χ1v) is 7.78. The number of urea groups is 1. The third-order valence-corrected chi connectivity index (χ3v) is 4.06. The highest BCUT2D eigenvalue weighted by molar-refractivity contribution is 6.02. The van der Waals surface area contributed by atoms with Crippen LogP contribution in [0.25, 0.3) is 0 Å². The highest BCUT2D eigenvalue weighted by atomic mass is 16.5. The molecule has 1 heterocycles. The van der Waals surface area contributed by atoms with E-state index < -0.39 is 0 Å². The minimum Gasteiger partial charge on any atom is -0.497 e. The second-order valence-electron chi connectivity index (χ2n) is 5.66. The van der Waals surface area contributed by atoms with Crippen LogP contribution in [0.4, 0.5) is 21.9 Å². The highest BCUT2D eigenvalue weighted by Crippen LogP contribution is 2.30. The van der Waals surface area contributed by atoms with E-state index in [2.05, 4.69) is 5.32 Å². The van der Waals surface area contributed by atoms with Gasteiger partial charge in [-0.15, -0.1) is 0 Å². The molecule has 0 spiro atoms. The summed E-state index contributed by atoms with van der Waals surface area (Å²) in [5, 5.41) is 2.94. The number of nitrogens with one attached hydrogen (secondary N) is 1. The van der Waals surface area contributed by atoms with Crippen LogP contribution in [0, 0.1) is 0 Å². The van der Waals surface area contributed by atoms with Crippen LogP contribution in [0.1, 0.15) is 18.4 Å². The number of amides is 2. The minimum atomic E-state index is -0.122. The van der Waals surface area contributed by atoms with Gasteiger partial charge in [0.1, 0.15) is 5.75 Å². The molecule has 0 saturated heterocycles. The average Bonchev–Trinajstić information content (AvgIpc) is 2.78. The number of hydrogen-bond acceptors (Lipinski definition) is 3. The third-order valence-electron chi connectivity index (χ3n) is 4.06. The second-order valence-corrected chi connectivity index (χ2v) is 5.66.